The Morgan fingerprint density at radius 2 is 1.86 bits per heavy atom. The van der Waals surface area contributed by atoms with Crippen molar-refractivity contribution in [1.29, 1.82) is 0 Å². The molecule has 0 aliphatic rings. The van der Waals surface area contributed by atoms with Crippen molar-refractivity contribution < 1.29 is 14.7 Å². The molecule has 1 aromatic rings. The Morgan fingerprint density at radius 3 is 2.38 bits per heavy atom. The second-order valence-corrected chi connectivity index (χ2v) is 5.87. The van der Waals surface area contributed by atoms with Crippen LogP contribution in [0, 0.1) is 11.8 Å². The molecular formula is C15H21ClN2O3. The number of amides is 2. The number of aliphatic carboxylic acids is 1. The summed E-state index contributed by atoms with van der Waals surface area (Å²) in [4.78, 5) is 22.6. The zero-order valence-corrected chi connectivity index (χ0v) is 13.0. The molecule has 0 heterocycles. The molecule has 0 aliphatic carbocycles. The highest BCUT2D eigenvalue weighted by atomic mass is 35.5. The lowest BCUT2D eigenvalue weighted by Gasteiger charge is -2.18. The molecule has 0 bridgehead atoms. The van der Waals surface area contributed by atoms with Gasteiger partial charge in [-0.25, -0.2) is 4.79 Å². The summed E-state index contributed by atoms with van der Waals surface area (Å²) >= 11 is 5.76. The monoisotopic (exact) mass is 312 g/mol. The molecule has 21 heavy (non-hydrogen) atoms. The normalized spacial score (nSPS) is 12.0. The maximum absolute atomic E-state index is 11.8. The van der Waals surface area contributed by atoms with Crippen LogP contribution >= 0.6 is 11.6 Å². The average molecular weight is 313 g/mol. The van der Waals surface area contributed by atoms with Gasteiger partial charge in [-0.15, -0.1) is 0 Å². The Hall–Kier alpha value is -1.75. The highest BCUT2D eigenvalue weighted by Crippen LogP contribution is 2.15. The number of hydrogen-bond donors (Lipinski definition) is 3. The molecule has 5 nitrogen and oxygen atoms in total. The molecule has 3 N–H and O–H groups in total. The number of carboxylic acid groups (broad SMARTS) is 1. The number of benzene rings is 1. The van der Waals surface area contributed by atoms with E-state index >= 15 is 0 Å². The van der Waals surface area contributed by atoms with Crippen LogP contribution in [-0.2, 0) is 4.79 Å². The Balaban J connectivity index is 2.44. The van der Waals surface area contributed by atoms with E-state index in [0.717, 1.165) is 6.42 Å². The van der Waals surface area contributed by atoms with Crippen molar-refractivity contribution in [3.05, 3.63) is 29.3 Å². The van der Waals surface area contributed by atoms with Gasteiger partial charge >= 0.3 is 12.0 Å². The van der Waals surface area contributed by atoms with Gasteiger partial charge in [-0.1, -0.05) is 25.4 Å². The van der Waals surface area contributed by atoms with Gasteiger partial charge in [0.25, 0.3) is 0 Å². The van der Waals surface area contributed by atoms with Gasteiger partial charge in [-0.2, -0.15) is 0 Å². The number of anilines is 1. The van der Waals surface area contributed by atoms with E-state index in [1.54, 1.807) is 24.3 Å². The van der Waals surface area contributed by atoms with Crippen molar-refractivity contribution in [3.8, 4) is 0 Å². The summed E-state index contributed by atoms with van der Waals surface area (Å²) in [6.45, 7) is 4.40. The van der Waals surface area contributed by atoms with Gasteiger partial charge in [-0.05, 0) is 42.5 Å². The minimum atomic E-state index is -0.847. The predicted octanol–water partition coefficient (Wildman–Crippen LogP) is 3.60. The maximum atomic E-state index is 11.8. The van der Waals surface area contributed by atoms with Gasteiger partial charge in [0.15, 0.2) is 0 Å². The second kappa shape index (κ2) is 8.52. The summed E-state index contributed by atoms with van der Waals surface area (Å²) in [7, 11) is 0. The number of nitrogens with one attached hydrogen (secondary N) is 2. The molecule has 1 rings (SSSR count). The molecule has 1 unspecified atom stereocenters. The Bertz CT molecular complexity index is 474. The molecule has 6 heteroatoms. The van der Waals surface area contributed by atoms with E-state index in [0.29, 0.717) is 23.2 Å². The number of carbonyl (C=O) groups excluding carboxylic acids is 1. The van der Waals surface area contributed by atoms with Gasteiger partial charge in [0.05, 0.1) is 0 Å². The number of hydrogen-bond acceptors (Lipinski definition) is 2. The highest BCUT2D eigenvalue weighted by Gasteiger charge is 2.16. The van der Waals surface area contributed by atoms with Gasteiger partial charge in [0, 0.05) is 23.7 Å². The molecule has 2 amide bonds. The van der Waals surface area contributed by atoms with Gasteiger partial charge in [0.1, 0.15) is 0 Å². The predicted molar refractivity (Wildman–Crippen MR) is 83.7 cm³/mol. The van der Waals surface area contributed by atoms with Crippen molar-refractivity contribution in [2.45, 2.75) is 26.7 Å². The number of urea groups is 1. The van der Waals surface area contributed by atoms with E-state index in [2.05, 4.69) is 10.6 Å². The minimum absolute atomic E-state index is 0.0550. The fourth-order valence-electron chi connectivity index (χ4n) is 2.10. The summed E-state index contributed by atoms with van der Waals surface area (Å²) < 4.78 is 0. The zero-order chi connectivity index (χ0) is 15.8. The SMILES string of the molecule is CC(C)CC(CNC(=O)Nc1ccc(Cl)cc1)CC(=O)O. The van der Waals surface area contributed by atoms with E-state index < -0.39 is 5.97 Å². The first-order valence-electron chi connectivity index (χ1n) is 6.89. The van der Waals surface area contributed by atoms with Gasteiger partial charge < -0.3 is 15.7 Å². The van der Waals surface area contributed by atoms with Crippen molar-refractivity contribution in [2.24, 2.45) is 11.8 Å². The average Bonchev–Trinajstić information content (AvgIpc) is 2.37. The molecule has 0 aromatic heterocycles. The molecule has 0 radical (unpaired) electrons. The van der Waals surface area contributed by atoms with E-state index in [1.807, 2.05) is 13.8 Å². The smallest absolute Gasteiger partial charge is 0.319 e. The Kier molecular flexibility index (Phi) is 7.02. The lowest BCUT2D eigenvalue weighted by atomic mass is 9.94. The maximum Gasteiger partial charge on any atom is 0.319 e. The summed E-state index contributed by atoms with van der Waals surface area (Å²) in [6.07, 6.45) is 0.812. The van der Waals surface area contributed by atoms with Crippen LogP contribution in [0.1, 0.15) is 26.7 Å². The van der Waals surface area contributed by atoms with Crippen LogP contribution in [0.15, 0.2) is 24.3 Å². The molecule has 1 atom stereocenters. The number of carbonyl (C=O) groups is 2. The molecule has 1 aromatic carbocycles. The minimum Gasteiger partial charge on any atom is -0.481 e. The molecule has 0 fully saturated rings. The molecule has 0 spiro atoms. The third-order valence-electron chi connectivity index (χ3n) is 2.92. The van der Waals surface area contributed by atoms with Crippen LogP contribution < -0.4 is 10.6 Å². The second-order valence-electron chi connectivity index (χ2n) is 5.44. The van der Waals surface area contributed by atoms with Crippen LogP contribution in [-0.4, -0.2) is 23.7 Å². The van der Waals surface area contributed by atoms with E-state index in [-0.39, 0.29) is 18.4 Å². The number of carboxylic acids is 1. The molecule has 0 saturated heterocycles. The molecule has 116 valence electrons. The first-order chi connectivity index (χ1) is 9.86. The summed E-state index contributed by atoms with van der Waals surface area (Å²) in [6, 6.07) is 6.42. The Morgan fingerprint density at radius 1 is 1.24 bits per heavy atom. The van der Waals surface area contributed by atoms with Crippen molar-refractivity contribution in [2.75, 3.05) is 11.9 Å². The number of halogens is 1. The van der Waals surface area contributed by atoms with E-state index in [4.69, 9.17) is 16.7 Å². The molecule has 0 aliphatic heterocycles. The number of rotatable bonds is 7. The lowest BCUT2D eigenvalue weighted by Crippen LogP contribution is -2.34. The van der Waals surface area contributed by atoms with E-state index in [9.17, 15) is 9.59 Å². The molecule has 0 saturated carbocycles. The molecular weight excluding hydrogens is 292 g/mol. The van der Waals surface area contributed by atoms with Crippen LogP contribution in [0.2, 0.25) is 5.02 Å². The summed E-state index contributed by atoms with van der Waals surface area (Å²) in [5.41, 5.74) is 0.635. The van der Waals surface area contributed by atoms with E-state index in [1.165, 1.54) is 0 Å². The van der Waals surface area contributed by atoms with Gasteiger partial charge in [0.2, 0.25) is 0 Å². The van der Waals surface area contributed by atoms with Crippen LogP contribution in [0.5, 0.6) is 0 Å². The summed E-state index contributed by atoms with van der Waals surface area (Å²) in [5.74, 6) is -0.533. The van der Waals surface area contributed by atoms with Crippen molar-refractivity contribution in [3.63, 3.8) is 0 Å². The first-order valence-corrected chi connectivity index (χ1v) is 7.26. The standard InChI is InChI=1S/C15H21ClN2O3/c1-10(2)7-11(8-14(19)20)9-17-15(21)18-13-5-3-12(16)4-6-13/h3-6,10-11H,7-9H2,1-2H3,(H,19,20)(H2,17,18,21). The van der Waals surface area contributed by atoms with Crippen molar-refractivity contribution in [1.82, 2.24) is 5.32 Å². The van der Waals surface area contributed by atoms with Crippen molar-refractivity contribution >= 4 is 29.3 Å². The summed E-state index contributed by atoms with van der Waals surface area (Å²) in [5, 5.41) is 14.9. The Labute approximate surface area is 129 Å². The first kappa shape index (κ1) is 17.3. The van der Waals surface area contributed by atoms with Crippen LogP contribution in [0.25, 0.3) is 0 Å². The third kappa shape index (κ3) is 7.56. The third-order valence-corrected chi connectivity index (χ3v) is 3.17. The van der Waals surface area contributed by atoms with Crippen LogP contribution in [0.3, 0.4) is 0 Å². The highest BCUT2D eigenvalue weighted by molar-refractivity contribution is 6.30. The van der Waals surface area contributed by atoms with Gasteiger partial charge in [-0.3, -0.25) is 4.79 Å². The largest absolute Gasteiger partial charge is 0.481 e. The zero-order valence-electron chi connectivity index (χ0n) is 12.2. The fourth-order valence-corrected chi connectivity index (χ4v) is 2.22. The fraction of sp³-hybridized carbons (Fsp3) is 0.467. The van der Waals surface area contributed by atoms with Crippen LogP contribution in [0.4, 0.5) is 10.5 Å². The quantitative estimate of drug-likeness (QED) is 0.719. The lowest BCUT2D eigenvalue weighted by molar-refractivity contribution is -0.138. The topological polar surface area (TPSA) is 78.4 Å².